The number of ketones is 2. The van der Waals surface area contributed by atoms with Crippen LogP contribution < -0.4 is 10.6 Å². The highest BCUT2D eigenvalue weighted by Crippen LogP contribution is 2.23. The van der Waals surface area contributed by atoms with Gasteiger partial charge < -0.3 is 15.7 Å². The van der Waals surface area contributed by atoms with Gasteiger partial charge in [0.1, 0.15) is 5.75 Å². The number of nitrogens with one attached hydrogen (secondary N) is 2. The molecule has 1 aromatic heterocycles. The Bertz CT molecular complexity index is 1190. The Kier molecular flexibility index (Phi) is 7.13. The van der Waals surface area contributed by atoms with Gasteiger partial charge in [-0.25, -0.2) is 0 Å². The molecule has 4 rings (SSSR count). The summed E-state index contributed by atoms with van der Waals surface area (Å²) < 4.78 is 0. The number of phenols is 1. The minimum Gasteiger partial charge on any atom is -0.507 e. The number of benzene rings is 2. The number of hydrogen-bond donors (Lipinski definition) is 3. The van der Waals surface area contributed by atoms with Crippen LogP contribution in [-0.4, -0.2) is 46.7 Å². The maximum atomic E-state index is 12.9. The summed E-state index contributed by atoms with van der Waals surface area (Å²) in [5, 5.41) is 16.4. The van der Waals surface area contributed by atoms with E-state index in [1.54, 1.807) is 60.9 Å². The number of aromatic nitrogens is 1. The van der Waals surface area contributed by atoms with Crippen LogP contribution in [0.25, 0.3) is 0 Å². The first-order valence-electron chi connectivity index (χ1n) is 11.4. The van der Waals surface area contributed by atoms with Crippen LogP contribution in [0.5, 0.6) is 5.75 Å². The van der Waals surface area contributed by atoms with Crippen molar-refractivity contribution in [3.63, 3.8) is 0 Å². The molecule has 3 aromatic rings. The summed E-state index contributed by atoms with van der Waals surface area (Å²) in [4.78, 5) is 42.2. The second-order valence-electron chi connectivity index (χ2n) is 8.47. The standard InChI is InChI=1S/C27H27N3O4/c1-2-17-3-8-24(31)22(13-17)26(33)19-6-4-18(5-7-19)25(32)14-21-15-29-16-23(21)30-27(34)20-9-11-28-12-10-20/h3-13,21,23,29,31H,2,14-16H2,1H3,(H,30,34)/t21-,23-/m1/s1. The predicted molar refractivity (Wildman–Crippen MR) is 128 cm³/mol. The van der Waals surface area contributed by atoms with Gasteiger partial charge in [0.15, 0.2) is 11.6 Å². The number of rotatable bonds is 8. The number of pyridine rings is 1. The van der Waals surface area contributed by atoms with E-state index < -0.39 is 0 Å². The molecule has 7 nitrogen and oxygen atoms in total. The van der Waals surface area contributed by atoms with E-state index in [0.717, 1.165) is 12.0 Å². The molecule has 1 aliphatic rings. The smallest absolute Gasteiger partial charge is 0.251 e. The fraction of sp³-hybridized carbons (Fsp3) is 0.259. The lowest BCUT2D eigenvalue weighted by Crippen LogP contribution is -2.41. The number of phenolic OH excluding ortho intramolecular Hbond substituents is 1. The quantitative estimate of drug-likeness (QED) is 0.449. The van der Waals surface area contributed by atoms with Gasteiger partial charge in [-0.2, -0.15) is 0 Å². The van der Waals surface area contributed by atoms with Crippen LogP contribution in [0.1, 0.15) is 55.5 Å². The summed E-state index contributed by atoms with van der Waals surface area (Å²) in [6.45, 7) is 3.22. The number of carbonyl (C=O) groups excluding carboxylic acids is 3. The summed E-state index contributed by atoms with van der Waals surface area (Å²) in [6, 6.07) is 14.7. The van der Waals surface area contributed by atoms with Crippen LogP contribution in [-0.2, 0) is 6.42 Å². The number of carbonyl (C=O) groups is 3. The lowest BCUT2D eigenvalue weighted by Gasteiger charge is -2.19. The van der Waals surface area contributed by atoms with Crippen molar-refractivity contribution < 1.29 is 19.5 Å². The third-order valence-corrected chi connectivity index (χ3v) is 6.23. The number of aryl methyl sites for hydroxylation is 1. The van der Waals surface area contributed by atoms with E-state index in [4.69, 9.17) is 0 Å². The van der Waals surface area contributed by atoms with Crippen molar-refractivity contribution >= 4 is 17.5 Å². The zero-order valence-electron chi connectivity index (χ0n) is 19.0. The summed E-state index contributed by atoms with van der Waals surface area (Å²) in [7, 11) is 0. The Balaban J connectivity index is 1.40. The number of nitrogens with zero attached hydrogens (tertiary/aromatic N) is 1. The van der Waals surface area contributed by atoms with Crippen molar-refractivity contribution in [2.24, 2.45) is 5.92 Å². The first kappa shape index (κ1) is 23.3. The zero-order valence-corrected chi connectivity index (χ0v) is 19.0. The zero-order chi connectivity index (χ0) is 24.1. The molecule has 0 spiro atoms. The van der Waals surface area contributed by atoms with E-state index in [9.17, 15) is 19.5 Å². The van der Waals surface area contributed by atoms with E-state index >= 15 is 0 Å². The molecule has 174 valence electrons. The molecule has 0 bridgehead atoms. The van der Waals surface area contributed by atoms with Crippen molar-refractivity contribution in [3.8, 4) is 5.75 Å². The van der Waals surface area contributed by atoms with E-state index in [1.165, 1.54) is 6.07 Å². The Morgan fingerprint density at radius 3 is 2.38 bits per heavy atom. The molecule has 0 aliphatic carbocycles. The average Bonchev–Trinajstić information content (AvgIpc) is 3.30. The third kappa shape index (κ3) is 5.21. The van der Waals surface area contributed by atoms with Crippen molar-refractivity contribution in [1.29, 1.82) is 0 Å². The molecule has 1 saturated heterocycles. The van der Waals surface area contributed by atoms with Crippen LogP contribution >= 0.6 is 0 Å². The van der Waals surface area contributed by atoms with Crippen LogP contribution in [0.4, 0.5) is 0 Å². The van der Waals surface area contributed by atoms with E-state index in [1.807, 2.05) is 6.92 Å². The van der Waals surface area contributed by atoms with Gasteiger partial charge in [-0.15, -0.1) is 0 Å². The first-order valence-corrected chi connectivity index (χ1v) is 11.4. The maximum absolute atomic E-state index is 12.9. The molecule has 2 heterocycles. The molecule has 3 N–H and O–H groups in total. The molecule has 2 atom stereocenters. The fourth-order valence-electron chi connectivity index (χ4n) is 4.18. The SMILES string of the molecule is CCc1ccc(O)c(C(=O)c2ccc(C(=O)C[C@@H]3CNC[C@H]3NC(=O)c3ccncc3)cc2)c1. The highest BCUT2D eigenvalue weighted by molar-refractivity contribution is 6.11. The highest BCUT2D eigenvalue weighted by Gasteiger charge is 2.30. The van der Waals surface area contributed by atoms with Crippen LogP contribution in [0, 0.1) is 5.92 Å². The monoisotopic (exact) mass is 457 g/mol. The second-order valence-corrected chi connectivity index (χ2v) is 8.47. The Labute approximate surface area is 198 Å². The minimum absolute atomic E-state index is 0.0340. The van der Waals surface area contributed by atoms with Gasteiger partial charge in [-0.05, 0) is 36.2 Å². The maximum Gasteiger partial charge on any atom is 0.251 e. The van der Waals surface area contributed by atoms with Gasteiger partial charge in [-0.3, -0.25) is 19.4 Å². The number of aromatic hydroxyl groups is 1. The summed E-state index contributed by atoms with van der Waals surface area (Å²) >= 11 is 0. The average molecular weight is 458 g/mol. The molecule has 1 amide bonds. The number of hydrogen-bond acceptors (Lipinski definition) is 6. The third-order valence-electron chi connectivity index (χ3n) is 6.23. The molecular formula is C27H27N3O4. The second kappa shape index (κ2) is 10.4. The molecule has 0 radical (unpaired) electrons. The van der Waals surface area contributed by atoms with Gasteiger partial charge in [0.05, 0.1) is 5.56 Å². The minimum atomic E-state index is -0.286. The largest absolute Gasteiger partial charge is 0.507 e. The first-order chi connectivity index (χ1) is 16.5. The van der Waals surface area contributed by atoms with E-state index in [0.29, 0.717) is 29.8 Å². The van der Waals surface area contributed by atoms with Gasteiger partial charge in [0, 0.05) is 60.6 Å². The Morgan fingerprint density at radius 1 is 0.971 bits per heavy atom. The van der Waals surface area contributed by atoms with Crippen molar-refractivity contribution in [3.05, 3.63) is 94.8 Å². The Hall–Kier alpha value is -3.84. The molecule has 1 fully saturated rings. The van der Waals surface area contributed by atoms with Gasteiger partial charge in [-0.1, -0.05) is 37.3 Å². The number of Topliss-reactive ketones (excluding diaryl/α,β-unsaturated/α-hetero) is 1. The molecule has 0 unspecified atom stereocenters. The van der Waals surface area contributed by atoms with Gasteiger partial charge in [0.2, 0.25) is 0 Å². The summed E-state index contributed by atoms with van der Waals surface area (Å²) in [6.07, 6.45) is 4.17. The lowest BCUT2D eigenvalue weighted by atomic mass is 9.93. The lowest BCUT2D eigenvalue weighted by molar-refractivity contribution is 0.0902. The van der Waals surface area contributed by atoms with Crippen molar-refractivity contribution in [2.45, 2.75) is 25.8 Å². The van der Waals surface area contributed by atoms with Crippen molar-refractivity contribution in [2.75, 3.05) is 13.1 Å². The molecule has 1 aliphatic heterocycles. The van der Waals surface area contributed by atoms with Crippen molar-refractivity contribution in [1.82, 2.24) is 15.6 Å². The number of amides is 1. The fourth-order valence-corrected chi connectivity index (χ4v) is 4.18. The van der Waals surface area contributed by atoms with Crippen LogP contribution in [0.15, 0.2) is 67.0 Å². The normalized spacial score (nSPS) is 17.3. The predicted octanol–water partition coefficient (Wildman–Crippen LogP) is 3.17. The van der Waals surface area contributed by atoms with E-state index in [2.05, 4.69) is 15.6 Å². The molecule has 2 aromatic carbocycles. The van der Waals surface area contributed by atoms with E-state index in [-0.39, 0.29) is 47.2 Å². The van der Waals surface area contributed by atoms with Gasteiger partial charge in [0.25, 0.3) is 5.91 Å². The highest BCUT2D eigenvalue weighted by atomic mass is 16.3. The van der Waals surface area contributed by atoms with Crippen LogP contribution in [0.2, 0.25) is 0 Å². The van der Waals surface area contributed by atoms with Crippen LogP contribution in [0.3, 0.4) is 0 Å². The topological polar surface area (TPSA) is 108 Å². The Morgan fingerprint density at radius 2 is 1.68 bits per heavy atom. The summed E-state index contributed by atoms with van der Waals surface area (Å²) in [5.74, 6) is -0.617. The summed E-state index contributed by atoms with van der Waals surface area (Å²) in [5.41, 5.74) is 2.66. The molecule has 34 heavy (non-hydrogen) atoms. The molecular weight excluding hydrogens is 430 g/mol. The molecule has 0 saturated carbocycles. The molecule has 7 heteroatoms. The van der Waals surface area contributed by atoms with Gasteiger partial charge >= 0.3 is 0 Å².